The van der Waals surface area contributed by atoms with Crippen LogP contribution in [-0.4, -0.2) is 13.2 Å². The van der Waals surface area contributed by atoms with Crippen LogP contribution in [0, 0.1) is 13.8 Å². The maximum Gasteiger partial charge on any atom is 0.161 e. The Morgan fingerprint density at radius 2 is 1.75 bits per heavy atom. The van der Waals surface area contributed by atoms with E-state index in [2.05, 4.69) is 60.1 Å². The van der Waals surface area contributed by atoms with Crippen LogP contribution >= 0.6 is 15.9 Å². The molecule has 0 aromatic heterocycles. The lowest BCUT2D eigenvalue weighted by Gasteiger charge is -2.21. The minimum Gasteiger partial charge on any atom is -0.486 e. The molecule has 104 valence electrons. The van der Waals surface area contributed by atoms with Gasteiger partial charge in [0.1, 0.15) is 13.2 Å². The maximum atomic E-state index is 5.66. The number of hydrogen-bond donors (Lipinski definition) is 0. The van der Waals surface area contributed by atoms with Crippen LogP contribution in [-0.2, 0) is 0 Å². The Labute approximate surface area is 127 Å². The third-order valence-electron chi connectivity index (χ3n) is 3.78. The largest absolute Gasteiger partial charge is 0.486 e. The molecule has 3 heteroatoms. The first-order valence-corrected chi connectivity index (χ1v) is 7.68. The fourth-order valence-electron chi connectivity index (χ4n) is 2.45. The second kappa shape index (κ2) is 5.49. The average Bonchev–Trinajstić information content (AvgIpc) is 2.49. The molecule has 3 rings (SSSR count). The molecule has 2 aromatic carbocycles. The van der Waals surface area contributed by atoms with Gasteiger partial charge < -0.3 is 9.47 Å². The standard InChI is InChI=1S/C17H17BrO2/c1-11-4-3-5-14(12(11)2)17(18)13-6-7-15-16(10-13)20-9-8-19-15/h3-7,10,17H,8-9H2,1-2H3. The van der Waals surface area contributed by atoms with Gasteiger partial charge in [-0.05, 0) is 48.2 Å². The number of hydrogen-bond acceptors (Lipinski definition) is 2. The summed E-state index contributed by atoms with van der Waals surface area (Å²) in [6.07, 6.45) is 0. The van der Waals surface area contributed by atoms with E-state index >= 15 is 0 Å². The van der Waals surface area contributed by atoms with Crippen LogP contribution in [0.4, 0.5) is 0 Å². The van der Waals surface area contributed by atoms with E-state index in [1.54, 1.807) is 0 Å². The number of benzene rings is 2. The van der Waals surface area contributed by atoms with Crippen molar-refractivity contribution in [2.75, 3.05) is 13.2 Å². The molecular formula is C17H17BrO2. The van der Waals surface area contributed by atoms with E-state index in [9.17, 15) is 0 Å². The van der Waals surface area contributed by atoms with Gasteiger partial charge in [0.05, 0.1) is 4.83 Å². The molecule has 0 radical (unpaired) electrons. The zero-order valence-electron chi connectivity index (χ0n) is 11.7. The van der Waals surface area contributed by atoms with Gasteiger partial charge in [-0.1, -0.05) is 40.2 Å². The lowest BCUT2D eigenvalue weighted by Crippen LogP contribution is -2.15. The lowest BCUT2D eigenvalue weighted by molar-refractivity contribution is 0.171. The minimum atomic E-state index is 0.165. The summed E-state index contributed by atoms with van der Waals surface area (Å²) in [7, 11) is 0. The monoisotopic (exact) mass is 332 g/mol. The summed E-state index contributed by atoms with van der Waals surface area (Å²) in [6.45, 7) is 5.55. The Morgan fingerprint density at radius 1 is 1.00 bits per heavy atom. The highest BCUT2D eigenvalue weighted by atomic mass is 79.9. The third kappa shape index (κ3) is 2.42. The van der Waals surface area contributed by atoms with Gasteiger partial charge in [-0.3, -0.25) is 0 Å². The van der Waals surface area contributed by atoms with Gasteiger partial charge in [-0.15, -0.1) is 0 Å². The molecule has 0 bridgehead atoms. The molecule has 0 fully saturated rings. The number of rotatable bonds is 2. The van der Waals surface area contributed by atoms with E-state index in [0.717, 1.165) is 11.5 Å². The number of alkyl halides is 1. The van der Waals surface area contributed by atoms with Gasteiger partial charge in [0.2, 0.25) is 0 Å². The van der Waals surface area contributed by atoms with E-state index in [0.29, 0.717) is 13.2 Å². The Morgan fingerprint density at radius 3 is 2.55 bits per heavy atom. The molecule has 2 nitrogen and oxygen atoms in total. The Kier molecular flexibility index (Phi) is 3.70. The van der Waals surface area contributed by atoms with Crippen molar-refractivity contribution < 1.29 is 9.47 Å². The molecule has 0 saturated heterocycles. The molecule has 0 N–H and O–H groups in total. The van der Waals surface area contributed by atoms with Crippen molar-refractivity contribution in [2.45, 2.75) is 18.7 Å². The molecule has 1 aliphatic rings. The van der Waals surface area contributed by atoms with Crippen molar-refractivity contribution in [2.24, 2.45) is 0 Å². The summed E-state index contributed by atoms with van der Waals surface area (Å²) in [5.74, 6) is 1.67. The lowest BCUT2D eigenvalue weighted by atomic mass is 9.97. The van der Waals surface area contributed by atoms with E-state index in [1.165, 1.54) is 22.3 Å². The van der Waals surface area contributed by atoms with Crippen molar-refractivity contribution in [3.05, 3.63) is 58.7 Å². The van der Waals surface area contributed by atoms with Gasteiger partial charge in [-0.2, -0.15) is 0 Å². The van der Waals surface area contributed by atoms with Crippen LogP contribution in [0.5, 0.6) is 11.5 Å². The smallest absolute Gasteiger partial charge is 0.161 e. The van der Waals surface area contributed by atoms with Crippen molar-refractivity contribution in [3.63, 3.8) is 0 Å². The van der Waals surface area contributed by atoms with Gasteiger partial charge in [-0.25, -0.2) is 0 Å². The average molecular weight is 333 g/mol. The minimum absolute atomic E-state index is 0.165. The Balaban J connectivity index is 1.98. The number of ether oxygens (including phenoxy) is 2. The first-order valence-electron chi connectivity index (χ1n) is 6.76. The maximum absolute atomic E-state index is 5.66. The third-order valence-corrected chi connectivity index (χ3v) is 4.80. The fraction of sp³-hybridized carbons (Fsp3) is 0.294. The summed E-state index contributed by atoms with van der Waals surface area (Å²) < 4.78 is 11.2. The molecule has 0 aliphatic carbocycles. The summed E-state index contributed by atoms with van der Waals surface area (Å²) in [5.41, 5.74) is 5.11. The fourth-order valence-corrected chi connectivity index (χ4v) is 3.23. The van der Waals surface area contributed by atoms with E-state index in [1.807, 2.05) is 6.07 Å². The number of aryl methyl sites for hydroxylation is 1. The second-order valence-corrected chi connectivity index (χ2v) is 5.97. The Hall–Kier alpha value is -1.48. The summed E-state index contributed by atoms with van der Waals surface area (Å²) in [6, 6.07) is 12.6. The predicted molar refractivity (Wildman–Crippen MR) is 84.1 cm³/mol. The zero-order valence-corrected chi connectivity index (χ0v) is 13.2. The van der Waals surface area contributed by atoms with Gasteiger partial charge in [0.15, 0.2) is 11.5 Å². The molecule has 1 heterocycles. The normalized spacial score (nSPS) is 14.9. The van der Waals surface area contributed by atoms with Crippen molar-refractivity contribution in [1.82, 2.24) is 0 Å². The van der Waals surface area contributed by atoms with Crippen LogP contribution in [0.2, 0.25) is 0 Å². The van der Waals surface area contributed by atoms with Crippen LogP contribution in [0.15, 0.2) is 36.4 Å². The highest BCUT2D eigenvalue weighted by molar-refractivity contribution is 9.09. The quantitative estimate of drug-likeness (QED) is 0.750. The molecule has 0 spiro atoms. The Bertz CT molecular complexity index is 637. The van der Waals surface area contributed by atoms with Gasteiger partial charge in [0, 0.05) is 0 Å². The number of fused-ring (bicyclic) bond motifs is 1. The van der Waals surface area contributed by atoms with Gasteiger partial charge >= 0.3 is 0 Å². The van der Waals surface area contributed by atoms with E-state index in [4.69, 9.17) is 9.47 Å². The molecular weight excluding hydrogens is 316 g/mol. The zero-order chi connectivity index (χ0) is 14.1. The van der Waals surface area contributed by atoms with Crippen LogP contribution in [0.1, 0.15) is 27.1 Å². The molecule has 1 aliphatic heterocycles. The second-order valence-electron chi connectivity index (χ2n) is 5.05. The number of halogens is 1. The molecule has 1 atom stereocenters. The molecule has 20 heavy (non-hydrogen) atoms. The summed E-state index contributed by atoms with van der Waals surface area (Å²) in [4.78, 5) is 0.165. The van der Waals surface area contributed by atoms with Gasteiger partial charge in [0.25, 0.3) is 0 Å². The topological polar surface area (TPSA) is 18.5 Å². The van der Waals surface area contributed by atoms with Crippen LogP contribution < -0.4 is 9.47 Å². The molecule has 1 unspecified atom stereocenters. The highest BCUT2D eigenvalue weighted by Gasteiger charge is 2.18. The summed E-state index contributed by atoms with van der Waals surface area (Å²) >= 11 is 3.81. The van der Waals surface area contributed by atoms with Crippen molar-refractivity contribution >= 4 is 15.9 Å². The molecule has 0 amide bonds. The summed E-state index contributed by atoms with van der Waals surface area (Å²) in [5, 5.41) is 0. The van der Waals surface area contributed by atoms with Crippen LogP contribution in [0.3, 0.4) is 0 Å². The van der Waals surface area contributed by atoms with E-state index in [-0.39, 0.29) is 4.83 Å². The first kappa shape index (κ1) is 13.5. The van der Waals surface area contributed by atoms with Crippen LogP contribution in [0.25, 0.3) is 0 Å². The SMILES string of the molecule is Cc1cccc(C(Br)c2ccc3c(c2)OCCO3)c1C. The first-order chi connectivity index (χ1) is 9.66. The highest BCUT2D eigenvalue weighted by Crippen LogP contribution is 2.39. The molecule has 0 saturated carbocycles. The predicted octanol–water partition coefficient (Wildman–Crippen LogP) is 4.56. The van der Waals surface area contributed by atoms with Crippen molar-refractivity contribution in [1.29, 1.82) is 0 Å². The molecule has 2 aromatic rings. The van der Waals surface area contributed by atoms with Crippen molar-refractivity contribution in [3.8, 4) is 11.5 Å². The van der Waals surface area contributed by atoms with E-state index < -0.39 is 0 Å².